The average molecular weight is 265 g/mol. The molecule has 17 heavy (non-hydrogen) atoms. The summed E-state index contributed by atoms with van der Waals surface area (Å²) in [7, 11) is 0. The van der Waals surface area contributed by atoms with Crippen LogP contribution in [0.4, 0.5) is 0 Å². The Labute approximate surface area is 113 Å². The molecule has 1 N–H and O–H groups in total. The van der Waals surface area contributed by atoms with E-state index in [9.17, 15) is 0 Å². The topological polar surface area (TPSA) is 12.0 Å². The highest BCUT2D eigenvalue weighted by Crippen LogP contribution is 2.44. The van der Waals surface area contributed by atoms with Crippen molar-refractivity contribution in [2.45, 2.75) is 42.9 Å². The summed E-state index contributed by atoms with van der Waals surface area (Å²) in [4.78, 5) is 1.16. The summed E-state index contributed by atoms with van der Waals surface area (Å²) < 4.78 is 0. The molecule has 0 amide bonds. The van der Waals surface area contributed by atoms with Gasteiger partial charge in [0.2, 0.25) is 0 Å². The first-order valence-corrected chi connectivity index (χ1v) is 8.06. The SMILES string of the molecule is S=C1CC=CC=C1C1(C2CCCS2)CCCN1. The van der Waals surface area contributed by atoms with E-state index in [0.29, 0.717) is 0 Å². The molecular formula is C14H19NS2. The zero-order chi connectivity index (χ0) is 11.7. The van der Waals surface area contributed by atoms with E-state index in [1.165, 1.54) is 37.0 Å². The summed E-state index contributed by atoms with van der Waals surface area (Å²) in [5, 5.41) is 4.54. The van der Waals surface area contributed by atoms with Crippen LogP contribution in [0, 0.1) is 0 Å². The van der Waals surface area contributed by atoms with Gasteiger partial charge in [-0.2, -0.15) is 11.8 Å². The van der Waals surface area contributed by atoms with Gasteiger partial charge in [-0.25, -0.2) is 0 Å². The van der Waals surface area contributed by atoms with Gasteiger partial charge >= 0.3 is 0 Å². The minimum Gasteiger partial charge on any atom is -0.306 e. The molecule has 0 radical (unpaired) electrons. The maximum Gasteiger partial charge on any atom is 0.0566 e. The molecule has 0 spiro atoms. The second kappa shape index (κ2) is 4.87. The Morgan fingerprint density at radius 1 is 1.41 bits per heavy atom. The first-order chi connectivity index (χ1) is 8.33. The van der Waals surface area contributed by atoms with E-state index in [1.54, 1.807) is 0 Å². The molecule has 2 saturated heterocycles. The van der Waals surface area contributed by atoms with Gasteiger partial charge in [0.25, 0.3) is 0 Å². The molecule has 3 aliphatic rings. The Hall–Kier alpha value is -0.120. The lowest BCUT2D eigenvalue weighted by Crippen LogP contribution is -2.51. The molecule has 2 fully saturated rings. The Morgan fingerprint density at radius 3 is 3.00 bits per heavy atom. The second-order valence-corrected chi connectivity index (χ2v) is 6.94. The van der Waals surface area contributed by atoms with Crippen molar-refractivity contribution in [2.75, 3.05) is 12.3 Å². The van der Waals surface area contributed by atoms with Crippen LogP contribution in [0.3, 0.4) is 0 Å². The van der Waals surface area contributed by atoms with Crippen LogP contribution < -0.4 is 5.32 Å². The predicted molar refractivity (Wildman–Crippen MR) is 79.9 cm³/mol. The third-order valence-corrected chi connectivity index (χ3v) is 6.10. The molecule has 3 heteroatoms. The summed E-state index contributed by atoms with van der Waals surface area (Å²) in [5.41, 5.74) is 1.62. The Balaban J connectivity index is 1.95. The molecule has 0 aromatic heterocycles. The lowest BCUT2D eigenvalue weighted by atomic mass is 9.79. The lowest BCUT2D eigenvalue weighted by molar-refractivity contribution is 0.429. The van der Waals surface area contributed by atoms with Gasteiger partial charge in [-0.05, 0) is 43.6 Å². The molecule has 2 heterocycles. The van der Waals surface area contributed by atoms with Gasteiger partial charge in [-0.3, -0.25) is 0 Å². The Morgan fingerprint density at radius 2 is 2.35 bits per heavy atom. The van der Waals surface area contributed by atoms with E-state index in [1.807, 2.05) is 0 Å². The van der Waals surface area contributed by atoms with E-state index in [0.717, 1.165) is 23.1 Å². The molecule has 0 aromatic rings. The number of thiocarbonyl (C=S) groups is 1. The molecule has 1 aliphatic carbocycles. The fraction of sp³-hybridized carbons (Fsp3) is 0.643. The van der Waals surface area contributed by atoms with Gasteiger partial charge in [0, 0.05) is 16.5 Å². The number of rotatable bonds is 2. The first-order valence-electron chi connectivity index (χ1n) is 6.60. The third-order valence-electron chi connectivity index (χ3n) is 4.15. The van der Waals surface area contributed by atoms with Crippen molar-refractivity contribution in [1.82, 2.24) is 5.32 Å². The molecular weight excluding hydrogens is 246 g/mol. The van der Waals surface area contributed by atoms with Crippen LogP contribution in [0.5, 0.6) is 0 Å². The van der Waals surface area contributed by atoms with Crippen molar-refractivity contribution in [1.29, 1.82) is 0 Å². The second-order valence-electron chi connectivity index (χ2n) is 5.14. The van der Waals surface area contributed by atoms with Crippen molar-refractivity contribution in [3.63, 3.8) is 0 Å². The average Bonchev–Trinajstić information content (AvgIpc) is 3.01. The molecule has 2 aliphatic heterocycles. The van der Waals surface area contributed by atoms with Crippen LogP contribution in [0.2, 0.25) is 0 Å². The molecule has 92 valence electrons. The smallest absolute Gasteiger partial charge is 0.0566 e. The summed E-state index contributed by atoms with van der Waals surface area (Å²) in [6.45, 7) is 1.15. The van der Waals surface area contributed by atoms with Crippen molar-refractivity contribution < 1.29 is 0 Å². The quantitative estimate of drug-likeness (QED) is 0.770. The summed E-state index contributed by atoms with van der Waals surface area (Å²) in [5.74, 6) is 1.32. The van der Waals surface area contributed by atoms with E-state index in [-0.39, 0.29) is 5.54 Å². The number of allylic oxidation sites excluding steroid dienone is 3. The largest absolute Gasteiger partial charge is 0.306 e. The molecule has 0 aromatic carbocycles. The minimum atomic E-state index is 0.197. The predicted octanol–water partition coefficient (Wildman–Crippen LogP) is 3.26. The standard InChI is InChI=1S/C14H19NS2/c16-12-6-2-1-5-11(12)14(8-4-9-15-14)13-7-3-10-17-13/h1-2,5,13,15H,3-4,6-10H2. The zero-order valence-corrected chi connectivity index (χ0v) is 11.7. The number of thioether (sulfide) groups is 1. The highest BCUT2D eigenvalue weighted by molar-refractivity contribution is 8.00. The van der Waals surface area contributed by atoms with Crippen molar-refractivity contribution in [3.05, 3.63) is 23.8 Å². The number of hydrogen-bond donors (Lipinski definition) is 1. The monoisotopic (exact) mass is 265 g/mol. The Bertz CT molecular complexity index is 372. The van der Waals surface area contributed by atoms with E-state index < -0.39 is 0 Å². The molecule has 0 saturated carbocycles. The summed E-state index contributed by atoms with van der Waals surface area (Å²) in [6.07, 6.45) is 12.9. The summed E-state index contributed by atoms with van der Waals surface area (Å²) in [6, 6.07) is 0. The first kappa shape index (κ1) is 11.9. The van der Waals surface area contributed by atoms with Crippen LogP contribution in [0.15, 0.2) is 23.8 Å². The van der Waals surface area contributed by atoms with Crippen LogP contribution in [-0.4, -0.2) is 28.0 Å². The highest BCUT2D eigenvalue weighted by atomic mass is 32.2. The lowest BCUT2D eigenvalue weighted by Gasteiger charge is -2.38. The van der Waals surface area contributed by atoms with Crippen LogP contribution >= 0.6 is 24.0 Å². The van der Waals surface area contributed by atoms with Gasteiger partial charge in [0.15, 0.2) is 0 Å². The van der Waals surface area contributed by atoms with Gasteiger partial charge in [-0.1, -0.05) is 30.4 Å². The fourth-order valence-electron chi connectivity index (χ4n) is 3.35. The number of hydrogen-bond acceptors (Lipinski definition) is 3. The maximum absolute atomic E-state index is 5.60. The van der Waals surface area contributed by atoms with Gasteiger partial charge in [-0.15, -0.1) is 0 Å². The van der Waals surface area contributed by atoms with Gasteiger partial charge in [0.05, 0.1) is 5.54 Å². The molecule has 0 bridgehead atoms. The van der Waals surface area contributed by atoms with Crippen LogP contribution in [0.25, 0.3) is 0 Å². The highest BCUT2D eigenvalue weighted by Gasteiger charge is 2.46. The molecule has 1 nitrogen and oxygen atoms in total. The third kappa shape index (κ3) is 2.02. The zero-order valence-electron chi connectivity index (χ0n) is 10.1. The van der Waals surface area contributed by atoms with Gasteiger partial charge in [0.1, 0.15) is 0 Å². The van der Waals surface area contributed by atoms with E-state index in [4.69, 9.17) is 12.2 Å². The number of nitrogens with one attached hydrogen (secondary N) is 1. The van der Waals surface area contributed by atoms with Gasteiger partial charge < -0.3 is 5.32 Å². The van der Waals surface area contributed by atoms with Crippen molar-refractivity contribution in [3.8, 4) is 0 Å². The normalized spacial score (nSPS) is 37.5. The Kier molecular flexibility index (Phi) is 3.42. The molecule has 3 rings (SSSR count). The van der Waals surface area contributed by atoms with Crippen LogP contribution in [0.1, 0.15) is 32.1 Å². The van der Waals surface area contributed by atoms with E-state index >= 15 is 0 Å². The van der Waals surface area contributed by atoms with Crippen molar-refractivity contribution in [2.24, 2.45) is 0 Å². The van der Waals surface area contributed by atoms with E-state index in [2.05, 4.69) is 35.3 Å². The maximum atomic E-state index is 5.60. The minimum absolute atomic E-state index is 0.197. The fourth-order valence-corrected chi connectivity index (χ4v) is 5.26. The molecule has 2 atom stereocenters. The summed E-state index contributed by atoms with van der Waals surface area (Å²) >= 11 is 7.75. The molecule has 2 unspecified atom stereocenters. The van der Waals surface area contributed by atoms with Crippen LogP contribution in [-0.2, 0) is 0 Å². The van der Waals surface area contributed by atoms with Crippen molar-refractivity contribution >= 4 is 28.8 Å².